The van der Waals surface area contributed by atoms with E-state index in [9.17, 15) is 9.59 Å². The van der Waals surface area contributed by atoms with Crippen molar-refractivity contribution < 1.29 is 14.7 Å². The lowest BCUT2D eigenvalue weighted by Crippen LogP contribution is -2.48. The molecule has 5 nitrogen and oxygen atoms in total. The van der Waals surface area contributed by atoms with Gasteiger partial charge in [-0.25, -0.2) is 4.79 Å². The molecule has 0 radical (unpaired) electrons. The first-order chi connectivity index (χ1) is 9.60. The van der Waals surface area contributed by atoms with Gasteiger partial charge in [-0.2, -0.15) is 0 Å². The van der Waals surface area contributed by atoms with Crippen LogP contribution in [-0.4, -0.2) is 40.6 Å². The molecule has 0 atom stereocenters. The maximum Gasteiger partial charge on any atom is 0.323 e. The summed E-state index contributed by atoms with van der Waals surface area (Å²) in [6, 6.07) is 0.182. The van der Waals surface area contributed by atoms with Crippen LogP contribution in [0.15, 0.2) is 0 Å². The van der Waals surface area contributed by atoms with Crippen LogP contribution in [0.5, 0.6) is 0 Å². The molecule has 2 fully saturated rings. The van der Waals surface area contributed by atoms with Gasteiger partial charge in [0.1, 0.15) is 6.54 Å². The summed E-state index contributed by atoms with van der Waals surface area (Å²) < 4.78 is 0. The number of hydrogen-bond donors (Lipinski definition) is 2. The van der Waals surface area contributed by atoms with Crippen LogP contribution in [-0.2, 0) is 4.79 Å². The van der Waals surface area contributed by atoms with E-state index in [1.807, 2.05) is 0 Å². The Kier molecular flexibility index (Phi) is 5.26. The van der Waals surface area contributed by atoms with Crippen molar-refractivity contribution in [3.05, 3.63) is 0 Å². The third-order valence-corrected chi connectivity index (χ3v) is 4.43. The van der Waals surface area contributed by atoms with Gasteiger partial charge in [0, 0.05) is 12.1 Å². The SMILES string of the molecule is CCCC1CCC(NC(=O)N(CC(=O)O)C2CC2)CC1. The highest BCUT2D eigenvalue weighted by atomic mass is 16.4. The lowest BCUT2D eigenvalue weighted by atomic mass is 9.83. The number of nitrogens with one attached hydrogen (secondary N) is 1. The Morgan fingerprint density at radius 1 is 1.15 bits per heavy atom. The van der Waals surface area contributed by atoms with Gasteiger partial charge in [-0.05, 0) is 44.4 Å². The number of amides is 2. The zero-order valence-corrected chi connectivity index (χ0v) is 12.3. The van der Waals surface area contributed by atoms with E-state index >= 15 is 0 Å². The first kappa shape index (κ1) is 15.1. The van der Waals surface area contributed by atoms with E-state index in [4.69, 9.17) is 5.11 Å². The number of carbonyl (C=O) groups excluding carboxylic acids is 1. The Labute approximate surface area is 120 Å². The Morgan fingerprint density at radius 3 is 2.30 bits per heavy atom. The molecule has 2 N–H and O–H groups in total. The van der Waals surface area contributed by atoms with Crippen molar-refractivity contribution >= 4 is 12.0 Å². The van der Waals surface area contributed by atoms with Gasteiger partial charge in [0.2, 0.25) is 0 Å². The highest BCUT2D eigenvalue weighted by molar-refractivity contribution is 5.80. The van der Waals surface area contributed by atoms with Crippen molar-refractivity contribution in [1.29, 1.82) is 0 Å². The van der Waals surface area contributed by atoms with Crippen LogP contribution in [0.3, 0.4) is 0 Å². The van der Waals surface area contributed by atoms with E-state index < -0.39 is 5.97 Å². The normalized spacial score (nSPS) is 26.1. The fourth-order valence-electron chi connectivity index (χ4n) is 3.16. The molecule has 114 valence electrons. The minimum Gasteiger partial charge on any atom is -0.480 e. The molecule has 20 heavy (non-hydrogen) atoms. The summed E-state index contributed by atoms with van der Waals surface area (Å²) in [5.41, 5.74) is 0. The third kappa shape index (κ3) is 4.39. The van der Waals surface area contributed by atoms with Crippen LogP contribution in [0.2, 0.25) is 0 Å². The summed E-state index contributed by atoms with van der Waals surface area (Å²) >= 11 is 0. The number of carboxylic acid groups (broad SMARTS) is 1. The van der Waals surface area contributed by atoms with E-state index in [1.165, 1.54) is 30.6 Å². The van der Waals surface area contributed by atoms with Gasteiger partial charge in [-0.3, -0.25) is 4.79 Å². The van der Waals surface area contributed by atoms with Gasteiger partial charge >= 0.3 is 12.0 Å². The molecule has 0 aliphatic heterocycles. The maximum absolute atomic E-state index is 12.2. The molecule has 0 saturated heterocycles. The molecule has 0 aromatic heterocycles. The summed E-state index contributed by atoms with van der Waals surface area (Å²) in [4.78, 5) is 24.5. The zero-order valence-electron chi connectivity index (χ0n) is 12.3. The van der Waals surface area contributed by atoms with E-state index in [0.717, 1.165) is 31.6 Å². The second-order valence-corrected chi connectivity index (χ2v) is 6.21. The van der Waals surface area contributed by atoms with Crippen molar-refractivity contribution in [3.63, 3.8) is 0 Å². The second kappa shape index (κ2) is 6.95. The van der Waals surface area contributed by atoms with Crippen molar-refractivity contribution in [2.45, 2.75) is 70.4 Å². The van der Waals surface area contributed by atoms with E-state index in [-0.39, 0.29) is 24.7 Å². The number of rotatable bonds is 6. The molecule has 2 aliphatic carbocycles. The molecule has 0 bridgehead atoms. The van der Waals surface area contributed by atoms with Gasteiger partial charge < -0.3 is 15.3 Å². The quantitative estimate of drug-likeness (QED) is 0.786. The monoisotopic (exact) mass is 282 g/mol. The van der Waals surface area contributed by atoms with Crippen LogP contribution in [0.25, 0.3) is 0 Å². The zero-order chi connectivity index (χ0) is 14.5. The van der Waals surface area contributed by atoms with Gasteiger partial charge in [-0.1, -0.05) is 19.8 Å². The fraction of sp³-hybridized carbons (Fsp3) is 0.867. The number of carboxylic acids is 1. The molecule has 0 aromatic carbocycles. The van der Waals surface area contributed by atoms with Gasteiger partial charge in [0.25, 0.3) is 0 Å². The van der Waals surface area contributed by atoms with Crippen LogP contribution in [0.4, 0.5) is 4.79 Å². The van der Waals surface area contributed by atoms with Crippen molar-refractivity contribution in [3.8, 4) is 0 Å². The smallest absolute Gasteiger partial charge is 0.323 e. The molecule has 0 spiro atoms. The molecule has 2 amide bonds. The van der Waals surface area contributed by atoms with E-state index in [1.54, 1.807) is 0 Å². The highest BCUT2D eigenvalue weighted by Gasteiger charge is 2.35. The molecule has 2 aliphatic rings. The maximum atomic E-state index is 12.2. The first-order valence-electron chi connectivity index (χ1n) is 7.89. The lowest BCUT2D eigenvalue weighted by Gasteiger charge is -2.31. The molecule has 5 heteroatoms. The van der Waals surface area contributed by atoms with E-state index in [0.29, 0.717) is 0 Å². The Hall–Kier alpha value is -1.26. The molecular weight excluding hydrogens is 256 g/mol. The molecule has 2 saturated carbocycles. The van der Waals surface area contributed by atoms with Gasteiger partial charge in [-0.15, -0.1) is 0 Å². The largest absolute Gasteiger partial charge is 0.480 e. The summed E-state index contributed by atoms with van der Waals surface area (Å²) in [5, 5.41) is 11.9. The van der Waals surface area contributed by atoms with Crippen molar-refractivity contribution in [2.75, 3.05) is 6.54 Å². The Morgan fingerprint density at radius 2 is 1.80 bits per heavy atom. The molecular formula is C15H26N2O3. The highest BCUT2D eigenvalue weighted by Crippen LogP contribution is 2.29. The van der Waals surface area contributed by atoms with Gasteiger partial charge in [0.05, 0.1) is 0 Å². The molecule has 0 unspecified atom stereocenters. The lowest BCUT2D eigenvalue weighted by molar-refractivity contribution is -0.137. The molecule has 0 heterocycles. The average molecular weight is 282 g/mol. The minimum absolute atomic E-state index is 0.141. The minimum atomic E-state index is -0.932. The van der Waals surface area contributed by atoms with Crippen molar-refractivity contribution in [2.24, 2.45) is 5.92 Å². The van der Waals surface area contributed by atoms with Crippen LogP contribution < -0.4 is 5.32 Å². The van der Waals surface area contributed by atoms with Crippen LogP contribution in [0.1, 0.15) is 58.3 Å². The number of carbonyl (C=O) groups is 2. The third-order valence-electron chi connectivity index (χ3n) is 4.43. The molecule has 2 rings (SSSR count). The summed E-state index contributed by atoms with van der Waals surface area (Å²) in [6.45, 7) is 2.04. The molecule has 0 aromatic rings. The topological polar surface area (TPSA) is 69.6 Å². The van der Waals surface area contributed by atoms with Gasteiger partial charge in [0.15, 0.2) is 0 Å². The predicted molar refractivity (Wildman–Crippen MR) is 76.5 cm³/mol. The van der Waals surface area contributed by atoms with E-state index in [2.05, 4.69) is 12.2 Å². The second-order valence-electron chi connectivity index (χ2n) is 6.21. The Balaban J connectivity index is 1.77. The average Bonchev–Trinajstić information content (AvgIpc) is 3.22. The van der Waals surface area contributed by atoms with Crippen molar-refractivity contribution in [1.82, 2.24) is 10.2 Å². The fourth-order valence-corrected chi connectivity index (χ4v) is 3.16. The van der Waals surface area contributed by atoms with Crippen LogP contribution >= 0.6 is 0 Å². The number of aliphatic carboxylic acids is 1. The Bertz CT molecular complexity index is 347. The summed E-state index contributed by atoms with van der Waals surface area (Å²) in [5.74, 6) is -0.120. The first-order valence-corrected chi connectivity index (χ1v) is 7.89. The number of hydrogen-bond acceptors (Lipinski definition) is 2. The standard InChI is InChI=1S/C15H26N2O3/c1-2-3-11-4-6-12(7-5-11)16-15(20)17(10-14(18)19)13-8-9-13/h11-13H,2-10H2,1H3,(H,16,20)(H,18,19). The predicted octanol–water partition coefficient (Wildman–Crippen LogP) is 2.60. The van der Waals surface area contributed by atoms with Crippen LogP contribution in [0, 0.1) is 5.92 Å². The summed E-state index contributed by atoms with van der Waals surface area (Å²) in [7, 11) is 0. The number of urea groups is 1. The number of nitrogens with zero attached hydrogens (tertiary/aromatic N) is 1. The summed E-state index contributed by atoms with van der Waals surface area (Å²) in [6.07, 6.45) is 8.81.